The van der Waals surface area contributed by atoms with Crippen LogP contribution in [0.5, 0.6) is 0 Å². The van der Waals surface area contributed by atoms with Crippen LogP contribution in [0.25, 0.3) is 0 Å². The molecule has 1 unspecified atom stereocenters. The van der Waals surface area contributed by atoms with Crippen LogP contribution < -0.4 is 5.32 Å². The van der Waals surface area contributed by atoms with E-state index in [0.29, 0.717) is 6.61 Å². The smallest absolute Gasteiger partial charge is 0.379 e. The van der Waals surface area contributed by atoms with Gasteiger partial charge in [0.25, 0.3) is 0 Å². The molecule has 0 aromatic heterocycles. The number of ether oxygens (including phenoxy) is 1. The van der Waals surface area contributed by atoms with Crippen LogP contribution >= 0.6 is 0 Å². The van der Waals surface area contributed by atoms with Crippen LogP contribution in [0.1, 0.15) is 34.1 Å². The fraction of sp³-hybridized carbons (Fsp3) is 1.00. The van der Waals surface area contributed by atoms with Gasteiger partial charge in [0.05, 0.1) is 19.6 Å². The zero-order chi connectivity index (χ0) is 12.8. The van der Waals surface area contributed by atoms with E-state index in [2.05, 4.69) is 5.32 Å². The summed E-state index contributed by atoms with van der Waals surface area (Å²) in [7, 11) is 0. The second-order valence-corrected chi connectivity index (χ2v) is 4.92. The van der Waals surface area contributed by atoms with E-state index in [4.69, 9.17) is 4.74 Å². The number of nitrogens with one attached hydrogen (secondary N) is 1. The Labute approximate surface area is 95.5 Å². The van der Waals surface area contributed by atoms with E-state index >= 15 is 0 Å². The lowest BCUT2D eigenvalue weighted by atomic mass is 9.87. The molecule has 0 aliphatic carbocycles. The lowest BCUT2D eigenvalue weighted by Gasteiger charge is -2.31. The van der Waals surface area contributed by atoms with Crippen LogP contribution in [0.2, 0.25) is 0 Å². The molecule has 0 rings (SSSR count). The van der Waals surface area contributed by atoms with Crippen molar-refractivity contribution in [2.75, 3.05) is 19.8 Å². The molecule has 0 bridgehead atoms. The molecule has 0 aromatic carbocycles. The standard InChI is InChI=1S/C11H22F3NO/c1-5-15-9(10(2,3)4)8-16-7-6-11(12,13)14/h9,15H,5-8H2,1-4H3. The molecule has 98 valence electrons. The molecule has 0 aliphatic rings. The fourth-order valence-corrected chi connectivity index (χ4v) is 1.25. The van der Waals surface area contributed by atoms with Crippen molar-refractivity contribution in [3.63, 3.8) is 0 Å². The Balaban J connectivity index is 3.86. The van der Waals surface area contributed by atoms with Crippen LogP contribution in [-0.4, -0.2) is 32.0 Å². The molecule has 0 fully saturated rings. The van der Waals surface area contributed by atoms with Gasteiger partial charge in [-0.3, -0.25) is 0 Å². The quantitative estimate of drug-likeness (QED) is 0.722. The maximum absolute atomic E-state index is 11.9. The van der Waals surface area contributed by atoms with Gasteiger partial charge in [0.15, 0.2) is 0 Å². The molecular formula is C11H22F3NO. The first-order valence-electron chi connectivity index (χ1n) is 5.54. The minimum atomic E-state index is -4.13. The molecule has 16 heavy (non-hydrogen) atoms. The van der Waals surface area contributed by atoms with Gasteiger partial charge >= 0.3 is 6.18 Å². The van der Waals surface area contributed by atoms with Crippen molar-refractivity contribution >= 4 is 0 Å². The zero-order valence-electron chi connectivity index (χ0n) is 10.4. The molecule has 5 heteroatoms. The van der Waals surface area contributed by atoms with E-state index in [9.17, 15) is 13.2 Å². The Hall–Kier alpha value is -0.290. The van der Waals surface area contributed by atoms with Crippen molar-refractivity contribution in [3.8, 4) is 0 Å². The summed E-state index contributed by atoms with van der Waals surface area (Å²) in [5, 5.41) is 3.21. The summed E-state index contributed by atoms with van der Waals surface area (Å²) in [4.78, 5) is 0. The van der Waals surface area contributed by atoms with Gasteiger partial charge in [-0.25, -0.2) is 0 Å². The molecule has 1 N–H and O–H groups in total. The Bertz CT molecular complexity index is 187. The molecule has 0 saturated carbocycles. The van der Waals surface area contributed by atoms with Crippen LogP contribution in [0.4, 0.5) is 13.2 Å². The molecule has 2 nitrogen and oxygen atoms in total. The van der Waals surface area contributed by atoms with Crippen molar-refractivity contribution in [3.05, 3.63) is 0 Å². The molecule has 1 atom stereocenters. The predicted molar refractivity (Wildman–Crippen MR) is 58.4 cm³/mol. The van der Waals surface area contributed by atoms with Crippen molar-refractivity contribution in [1.29, 1.82) is 0 Å². The molecule has 0 saturated heterocycles. The van der Waals surface area contributed by atoms with Gasteiger partial charge in [-0.15, -0.1) is 0 Å². The van der Waals surface area contributed by atoms with E-state index in [1.165, 1.54) is 0 Å². The van der Waals surface area contributed by atoms with Crippen LogP contribution in [0.3, 0.4) is 0 Å². The first-order valence-corrected chi connectivity index (χ1v) is 5.54. The molecular weight excluding hydrogens is 219 g/mol. The largest absolute Gasteiger partial charge is 0.391 e. The maximum atomic E-state index is 11.9. The lowest BCUT2D eigenvalue weighted by molar-refractivity contribution is -0.146. The van der Waals surface area contributed by atoms with Crippen molar-refractivity contribution in [2.45, 2.75) is 46.3 Å². The highest BCUT2D eigenvalue weighted by atomic mass is 19.4. The highest BCUT2D eigenvalue weighted by Crippen LogP contribution is 2.21. The fourth-order valence-electron chi connectivity index (χ4n) is 1.25. The van der Waals surface area contributed by atoms with Gasteiger partial charge in [0.1, 0.15) is 0 Å². The molecule has 0 amide bonds. The number of hydrogen-bond donors (Lipinski definition) is 1. The topological polar surface area (TPSA) is 21.3 Å². The Kier molecular flexibility index (Phi) is 6.33. The van der Waals surface area contributed by atoms with Crippen molar-refractivity contribution in [1.82, 2.24) is 5.32 Å². The summed E-state index contributed by atoms with van der Waals surface area (Å²) < 4.78 is 40.7. The third-order valence-corrected chi connectivity index (χ3v) is 2.31. The average Bonchev–Trinajstić information content (AvgIpc) is 2.06. The lowest BCUT2D eigenvalue weighted by Crippen LogP contribution is -2.43. The molecule has 0 aliphatic heterocycles. The van der Waals surface area contributed by atoms with Crippen LogP contribution in [0, 0.1) is 5.41 Å². The second kappa shape index (κ2) is 6.45. The van der Waals surface area contributed by atoms with Gasteiger partial charge in [0.2, 0.25) is 0 Å². The number of halogens is 3. The zero-order valence-corrected chi connectivity index (χ0v) is 10.4. The summed E-state index contributed by atoms with van der Waals surface area (Å²) in [6.45, 7) is 8.91. The van der Waals surface area contributed by atoms with E-state index < -0.39 is 12.6 Å². The summed E-state index contributed by atoms with van der Waals surface area (Å²) in [6.07, 6.45) is -5.01. The summed E-state index contributed by atoms with van der Waals surface area (Å²) in [5.74, 6) is 0. The van der Waals surface area contributed by atoms with Gasteiger partial charge in [0, 0.05) is 6.04 Å². The Morgan fingerprint density at radius 1 is 1.19 bits per heavy atom. The number of likely N-dealkylation sites (N-methyl/N-ethyl adjacent to an activating group) is 1. The summed E-state index contributed by atoms with van der Waals surface area (Å²) in [5.41, 5.74) is -0.0196. The summed E-state index contributed by atoms with van der Waals surface area (Å²) >= 11 is 0. The van der Waals surface area contributed by atoms with Crippen LogP contribution in [0.15, 0.2) is 0 Å². The minimum Gasteiger partial charge on any atom is -0.379 e. The normalized spacial score (nSPS) is 15.2. The van der Waals surface area contributed by atoms with Gasteiger partial charge in [-0.1, -0.05) is 27.7 Å². The number of hydrogen-bond acceptors (Lipinski definition) is 2. The highest BCUT2D eigenvalue weighted by molar-refractivity contribution is 4.79. The first kappa shape index (κ1) is 15.7. The SMILES string of the molecule is CCNC(COCCC(F)(F)F)C(C)(C)C. The Morgan fingerprint density at radius 3 is 2.12 bits per heavy atom. The van der Waals surface area contributed by atoms with E-state index in [1.54, 1.807) is 0 Å². The van der Waals surface area contributed by atoms with E-state index in [-0.39, 0.29) is 18.1 Å². The average molecular weight is 241 g/mol. The number of alkyl halides is 3. The second-order valence-electron chi connectivity index (χ2n) is 4.92. The highest BCUT2D eigenvalue weighted by Gasteiger charge is 2.28. The van der Waals surface area contributed by atoms with Gasteiger partial charge in [-0.2, -0.15) is 13.2 Å². The maximum Gasteiger partial charge on any atom is 0.391 e. The molecule has 0 aromatic rings. The minimum absolute atomic E-state index is 0.0196. The monoisotopic (exact) mass is 241 g/mol. The predicted octanol–water partition coefficient (Wildman–Crippen LogP) is 2.98. The van der Waals surface area contributed by atoms with Gasteiger partial charge in [-0.05, 0) is 12.0 Å². The molecule has 0 heterocycles. The van der Waals surface area contributed by atoms with E-state index in [1.807, 2.05) is 27.7 Å². The summed E-state index contributed by atoms with van der Waals surface area (Å²) in [6, 6.07) is 0.0748. The molecule has 0 radical (unpaired) electrons. The third-order valence-electron chi connectivity index (χ3n) is 2.31. The van der Waals surface area contributed by atoms with E-state index in [0.717, 1.165) is 6.54 Å². The van der Waals surface area contributed by atoms with Crippen molar-refractivity contribution in [2.24, 2.45) is 5.41 Å². The molecule has 0 spiro atoms. The number of rotatable bonds is 6. The van der Waals surface area contributed by atoms with Gasteiger partial charge < -0.3 is 10.1 Å². The third kappa shape index (κ3) is 7.93. The van der Waals surface area contributed by atoms with Crippen molar-refractivity contribution < 1.29 is 17.9 Å². The first-order chi connectivity index (χ1) is 7.17. The Morgan fingerprint density at radius 2 is 1.75 bits per heavy atom. The van der Waals surface area contributed by atoms with Crippen LogP contribution in [-0.2, 0) is 4.74 Å².